The highest BCUT2D eigenvalue weighted by molar-refractivity contribution is 5.12. The highest BCUT2D eigenvalue weighted by Crippen LogP contribution is 2.45. The van der Waals surface area contributed by atoms with Crippen molar-refractivity contribution in [2.24, 2.45) is 11.3 Å². The lowest BCUT2D eigenvalue weighted by Gasteiger charge is -2.45. The van der Waals surface area contributed by atoms with E-state index in [4.69, 9.17) is 0 Å². The van der Waals surface area contributed by atoms with E-state index in [0.717, 1.165) is 31.8 Å². The van der Waals surface area contributed by atoms with Crippen molar-refractivity contribution in [2.75, 3.05) is 13.1 Å². The van der Waals surface area contributed by atoms with Gasteiger partial charge in [0, 0.05) is 0 Å². The predicted octanol–water partition coefficient (Wildman–Crippen LogP) is 3.97. The molecule has 1 heterocycles. The molecule has 0 atom stereocenters. The molecule has 0 N–H and O–H groups in total. The van der Waals surface area contributed by atoms with E-state index in [9.17, 15) is 5.26 Å². The molecule has 0 spiro atoms. The molecule has 1 saturated heterocycles. The second-order valence-corrected chi connectivity index (χ2v) is 6.95. The van der Waals surface area contributed by atoms with Crippen molar-refractivity contribution in [1.29, 1.82) is 5.26 Å². The Kier molecular flexibility index (Phi) is 4.02. The quantitative estimate of drug-likeness (QED) is 0.755. The fourth-order valence-corrected chi connectivity index (χ4v) is 3.81. The molecule has 0 radical (unpaired) electrons. The second-order valence-electron chi connectivity index (χ2n) is 6.95. The fraction of sp³-hybridized carbons (Fsp3) is 0.938. The van der Waals surface area contributed by atoms with Gasteiger partial charge in [-0.1, -0.05) is 27.2 Å². The first kappa shape index (κ1) is 13.9. The lowest BCUT2D eigenvalue weighted by atomic mass is 9.65. The van der Waals surface area contributed by atoms with Crippen LogP contribution in [0.2, 0.25) is 0 Å². The first-order valence-corrected chi connectivity index (χ1v) is 7.70. The molecule has 2 aliphatic rings. The van der Waals surface area contributed by atoms with Gasteiger partial charge in [0.2, 0.25) is 0 Å². The van der Waals surface area contributed by atoms with Crippen molar-refractivity contribution in [3.63, 3.8) is 0 Å². The van der Waals surface area contributed by atoms with E-state index in [0.29, 0.717) is 5.41 Å². The molecule has 0 aromatic heterocycles. The Hall–Kier alpha value is -0.550. The molecule has 2 fully saturated rings. The van der Waals surface area contributed by atoms with Crippen LogP contribution in [0.15, 0.2) is 0 Å². The van der Waals surface area contributed by atoms with E-state index in [1.54, 1.807) is 0 Å². The molecule has 102 valence electrons. The van der Waals surface area contributed by atoms with Gasteiger partial charge in [-0.2, -0.15) is 5.26 Å². The molecule has 1 saturated carbocycles. The molecule has 0 aromatic rings. The van der Waals surface area contributed by atoms with Gasteiger partial charge in [-0.3, -0.25) is 4.90 Å². The maximum absolute atomic E-state index is 9.66. The monoisotopic (exact) mass is 248 g/mol. The summed E-state index contributed by atoms with van der Waals surface area (Å²) in [7, 11) is 0. The summed E-state index contributed by atoms with van der Waals surface area (Å²) in [6.07, 6.45) is 8.49. The van der Waals surface area contributed by atoms with Crippen LogP contribution in [0.3, 0.4) is 0 Å². The van der Waals surface area contributed by atoms with Crippen LogP contribution < -0.4 is 0 Å². The van der Waals surface area contributed by atoms with Crippen LogP contribution in [0.5, 0.6) is 0 Å². The molecule has 0 aromatic carbocycles. The Balaban J connectivity index is 2.01. The van der Waals surface area contributed by atoms with E-state index in [2.05, 4.69) is 31.7 Å². The van der Waals surface area contributed by atoms with Crippen molar-refractivity contribution in [3.8, 4) is 6.07 Å². The van der Waals surface area contributed by atoms with Crippen LogP contribution in [0, 0.1) is 22.7 Å². The zero-order chi connectivity index (χ0) is 13.2. The summed E-state index contributed by atoms with van der Waals surface area (Å²) in [5.41, 5.74) is 0.337. The summed E-state index contributed by atoms with van der Waals surface area (Å²) >= 11 is 0. The molecule has 0 unspecified atom stereocenters. The minimum Gasteiger partial charge on any atom is -0.286 e. The van der Waals surface area contributed by atoms with Gasteiger partial charge in [0.1, 0.15) is 5.54 Å². The standard InChI is InChI=1S/C16H28N2/c1-4-15(2,3)14-7-9-16(13-17,10-8-14)18-11-5-6-12-18/h14H,4-12H2,1-3H3. The van der Waals surface area contributed by atoms with Crippen LogP contribution in [-0.2, 0) is 0 Å². The van der Waals surface area contributed by atoms with Gasteiger partial charge in [-0.15, -0.1) is 0 Å². The first-order chi connectivity index (χ1) is 8.54. The van der Waals surface area contributed by atoms with E-state index < -0.39 is 0 Å². The van der Waals surface area contributed by atoms with Crippen LogP contribution in [0.1, 0.15) is 65.7 Å². The van der Waals surface area contributed by atoms with Crippen molar-refractivity contribution in [2.45, 2.75) is 71.3 Å². The van der Waals surface area contributed by atoms with Crippen molar-refractivity contribution >= 4 is 0 Å². The molecular weight excluding hydrogens is 220 g/mol. The van der Waals surface area contributed by atoms with Crippen LogP contribution >= 0.6 is 0 Å². The molecule has 2 heteroatoms. The van der Waals surface area contributed by atoms with E-state index in [1.165, 1.54) is 32.1 Å². The van der Waals surface area contributed by atoms with Gasteiger partial charge >= 0.3 is 0 Å². The molecule has 0 amide bonds. The van der Waals surface area contributed by atoms with Gasteiger partial charge in [0.25, 0.3) is 0 Å². The zero-order valence-corrected chi connectivity index (χ0v) is 12.3. The molecule has 2 nitrogen and oxygen atoms in total. The van der Waals surface area contributed by atoms with Crippen LogP contribution in [0.4, 0.5) is 0 Å². The predicted molar refractivity (Wildman–Crippen MR) is 75.2 cm³/mol. The summed E-state index contributed by atoms with van der Waals surface area (Å²) in [6, 6.07) is 2.68. The number of nitrogens with zero attached hydrogens (tertiary/aromatic N) is 2. The third-order valence-electron chi connectivity index (χ3n) is 5.75. The topological polar surface area (TPSA) is 27.0 Å². The molecular formula is C16H28N2. The number of likely N-dealkylation sites (tertiary alicyclic amines) is 1. The molecule has 1 aliphatic heterocycles. The molecule has 18 heavy (non-hydrogen) atoms. The highest BCUT2D eigenvalue weighted by Gasteiger charge is 2.44. The maximum atomic E-state index is 9.66. The SMILES string of the molecule is CCC(C)(C)C1CCC(C#N)(N2CCCC2)CC1. The Morgan fingerprint density at radius 2 is 1.78 bits per heavy atom. The highest BCUT2D eigenvalue weighted by atomic mass is 15.2. The maximum Gasteiger partial charge on any atom is 0.109 e. The molecule has 1 aliphatic carbocycles. The van der Waals surface area contributed by atoms with Crippen molar-refractivity contribution < 1.29 is 0 Å². The average Bonchev–Trinajstić information content (AvgIpc) is 2.93. The van der Waals surface area contributed by atoms with Gasteiger partial charge < -0.3 is 0 Å². The minimum absolute atomic E-state index is 0.114. The Labute approximate surface area is 112 Å². The number of hydrogen-bond acceptors (Lipinski definition) is 2. The van der Waals surface area contributed by atoms with Gasteiger partial charge in [0.15, 0.2) is 0 Å². The Morgan fingerprint density at radius 3 is 2.22 bits per heavy atom. The second kappa shape index (κ2) is 5.21. The lowest BCUT2D eigenvalue weighted by Crippen LogP contribution is -2.49. The number of nitriles is 1. The van der Waals surface area contributed by atoms with E-state index >= 15 is 0 Å². The Bertz CT molecular complexity index is 312. The van der Waals surface area contributed by atoms with Gasteiger partial charge in [-0.05, 0) is 62.9 Å². The van der Waals surface area contributed by atoms with E-state index in [1.807, 2.05) is 0 Å². The summed E-state index contributed by atoms with van der Waals surface area (Å²) in [6.45, 7) is 9.39. The Morgan fingerprint density at radius 1 is 1.22 bits per heavy atom. The zero-order valence-electron chi connectivity index (χ0n) is 12.3. The lowest BCUT2D eigenvalue weighted by molar-refractivity contribution is 0.0605. The summed E-state index contributed by atoms with van der Waals surface area (Å²) < 4.78 is 0. The molecule has 0 bridgehead atoms. The van der Waals surface area contributed by atoms with Gasteiger partial charge in [-0.25, -0.2) is 0 Å². The smallest absolute Gasteiger partial charge is 0.109 e. The average molecular weight is 248 g/mol. The normalized spacial score (nSPS) is 34.4. The third-order valence-corrected chi connectivity index (χ3v) is 5.75. The summed E-state index contributed by atoms with van der Waals surface area (Å²) in [4.78, 5) is 2.47. The minimum atomic E-state index is -0.114. The van der Waals surface area contributed by atoms with Crippen molar-refractivity contribution in [1.82, 2.24) is 4.90 Å². The molecule has 2 rings (SSSR count). The number of hydrogen-bond donors (Lipinski definition) is 0. The number of rotatable bonds is 3. The largest absolute Gasteiger partial charge is 0.286 e. The van der Waals surface area contributed by atoms with Gasteiger partial charge in [0.05, 0.1) is 6.07 Å². The summed E-state index contributed by atoms with van der Waals surface area (Å²) in [5, 5.41) is 9.66. The fourth-order valence-electron chi connectivity index (χ4n) is 3.81. The first-order valence-electron chi connectivity index (χ1n) is 7.70. The van der Waals surface area contributed by atoms with Crippen LogP contribution in [0.25, 0.3) is 0 Å². The van der Waals surface area contributed by atoms with Crippen molar-refractivity contribution in [3.05, 3.63) is 0 Å². The van der Waals surface area contributed by atoms with Crippen LogP contribution in [-0.4, -0.2) is 23.5 Å². The third kappa shape index (κ3) is 2.43. The summed E-state index contributed by atoms with van der Waals surface area (Å²) in [5.74, 6) is 0.812. The van der Waals surface area contributed by atoms with E-state index in [-0.39, 0.29) is 5.54 Å².